The van der Waals surface area contributed by atoms with Gasteiger partial charge < -0.3 is 20.1 Å². The normalized spacial score (nSPS) is 18.6. The molecule has 1 aromatic rings. The van der Waals surface area contributed by atoms with Crippen LogP contribution in [-0.4, -0.2) is 62.0 Å². The Kier molecular flexibility index (Phi) is 6.25. The molecule has 7 nitrogen and oxygen atoms in total. The summed E-state index contributed by atoms with van der Waals surface area (Å²) >= 11 is 0. The minimum atomic E-state index is -0.291. The number of carbonyl (C=O) groups is 2. The predicted molar refractivity (Wildman–Crippen MR) is 94.4 cm³/mol. The number of rotatable bonds is 7. The summed E-state index contributed by atoms with van der Waals surface area (Å²) in [7, 11) is 4.95. The molecular weight excluding hydrogens is 322 g/mol. The number of methoxy groups -OCH3 is 2. The third-order valence-electron chi connectivity index (χ3n) is 4.77. The van der Waals surface area contributed by atoms with Crippen molar-refractivity contribution >= 4 is 11.8 Å². The van der Waals surface area contributed by atoms with Crippen molar-refractivity contribution < 1.29 is 19.1 Å². The summed E-state index contributed by atoms with van der Waals surface area (Å²) in [6, 6.07) is 5.32. The lowest BCUT2D eigenvalue weighted by Crippen LogP contribution is -2.45. The fourth-order valence-electron chi connectivity index (χ4n) is 3.18. The first kappa shape index (κ1) is 19.1. The van der Waals surface area contributed by atoms with Gasteiger partial charge in [0.25, 0.3) is 0 Å². The molecule has 1 heterocycles. The van der Waals surface area contributed by atoms with Gasteiger partial charge in [0.1, 0.15) is 0 Å². The molecule has 2 atom stereocenters. The molecule has 2 N–H and O–H groups in total. The fraction of sp³-hybridized carbons (Fsp3) is 0.556. The van der Waals surface area contributed by atoms with Gasteiger partial charge in [-0.25, -0.2) is 0 Å². The van der Waals surface area contributed by atoms with Crippen LogP contribution in [-0.2, 0) is 16.1 Å². The molecule has 1 aromatic carbocycles. The lowest BCUT2D eigenvalue weighted by Gasteiger charge is -2.28. The van der Waals surface area contributed by atoms with E-state index in [1.807, 2.05) is 30.0 Å². The van der Waals surface area contributed by atoms with Gasteiger partial charge in [0, 0.05) is 20.1 Å². The molecule has 138 valence electrons. The van der Waals surface area contributed by atoms with Crippen LogP contribution in [0.25, 0.3) is 0 Å². The van der Waals surface area contributed by atoms with Crippen LogP contribution < -0.4 is 15.2 Å². The van der Waals surface area contributed by atoms with Crippen molar-refractivity contribution in [2.24, 2.45) is 11.7 Å². The Hall–Kier alpha value is -2.28. The minimum Gasteiger partial charge on any atom is -0.493 e. The smallest absolute Gasteiger partial charge is 0.239 e. The highest BCUT2D eigenvalue weighted by Gasteiger charge is 2.33. The zero-order valence-corrected chi connectivity index (χ0v) is 15.3. The Bertz CT molecular complexity index is 635. The third-order valence-corrected chi connectivity index (χ3v) is 4.77. The van der Waals surface area contributed by atoms with E-state index in [-0.39, 0.29) is 23.8 Å². The lowest BCUT2D eigenvalue weighted by atomic mass is 10.1. The number of nitrogens with zero attached hydrogens (tertiary/aromatic N) is 2. The maximum Gasteiger partial charge on any atom is 0.239 e. The Labute approximate surface area is 148 Å². The molecule has 1 fully saturated rings. The topological polar surface area (TPSA) is 85.1 Å². The number of benzene rings is 1. The molecule has 0 saturated carbocycles. The largest absolute Gasteiger partial charge is 0.493 e. The summed E-state index contributed by atoms with van der Waals surface area (Å²) in [6.45, 7) is 3.60. The van der Waals surface area contributed by atoms with E-state index in [4.69, 9.17) is 15.2 Å². The summed E-state index contributed by atoms with van der Waals surface area (Å²) in [5.74, 6) is 0.855. The van der Waals surface area contributed by atoms with Crippen molar-refractivity contribution in [1.82, 2.24) is 9.80 Å². The van der Waals surface area contributed by atoms with Gasteiger partial charge in [-0.2, -0.15) is 0 Å². The second-order valence-electron chi connectivity index (χ2n) is 6.44. The van der Waals surface area contributed by atoms with Gasteiger partial charge >= 0.3 is 0 Å². The van der Waals surface area contributed by atoms with E-state index in [9.17, 15) is 9.59 Å². The van der Waals surface area contributed by atoms with Gasteiger partial charge in [-0.1, -0.05) is 6.07 Å². The zero-order chi connectivity index (χ0) is 18.6. The highest BCUT2D eigenvalue weighted by molar-refractivity contribution is 5.82. The van der Waals surface area contributed by atoms with Crippen molar-refractivity contribution in [1.29, 1.82) is 0 Å². The van der Waals surface area contributed by atoms with Gasteiger partial charge in [-0.3, -0.25) is 14.5 Å². The highest BCUT2D eigenvalue weighted by Crippen LogP contribution is 2.28. The van der Waals surface area contributed by atoms with E-state index in [0.29, 0.717) is 37.6 Å². The van der Waals surface area contributed by atoms with Crippen LogP contribution >= 0.6 is 0 Å². The van der Waals surface area contributed by atoms with Crippen molar-refractivity contribution in [2.45, 2.75) is 25.9 Å². The number of likely N-dealkylation sites (N-methyl/N-ethyl adjacent to an activating group) is 1. The van der Waals surface area contributed by atoms with E-state index in [1.54, 1.807) is 26.2 Å². The molecule has 1 aliphatic rings. The summed E-state index contributed by atoms with van der Waals surface area (Å²) in [5.41, 5.74) is 6.32. The molecule has 0 aliphatic carbocycles. The summed E-state index contributed by atoms with van der Waals surface area (Å²) < 4.78 is 10.5. The highest BCUT2D eigenvalue weighted by atomic mass is 16.5. The standard InChI is InChI=1S/C18H27N3O4/c1-12(21-8-7-14(11-21)17(19)22)18(23)20(2)10-13-5-6-15(24-3)16(9-13)25-4/h5-6,9,12,14H,7-8,10-11H2,1-4H3,(H2,19,22)/t12-,14-/m1/s1. The van der Waals surface area contributed by atoms with Crippen molar-refractivity contribution in [3.8, 4) is 11.5 Å². The van der Waals surface area contributed by atoms with Gasteiger partial charge in [0.05, 0.1) is 26.2 Å². The van der Waals surface area contributed by atoms with E-state index < -0.39 is 0 Å². The first-order chi connectivity index (χ1) is 11.9. The average molecular weight is 349 g/mol. The average Bonchev–Trinajstić information content (AvgIpc) is 3.10. The Balaban J connectivity index is 1.99. The van der Waals surface area contributed by atoms with Crippen LogP contribution in [0.3, 0.4) is 0 Å². The molecule has 7 heteroatoms. The number of carbonyl (C=O) groups excluding carboxylic acids is 2. The third kappa shape index (κ3) is 4.42. The van der Waals surface area contributed by atoms with Crippen LogP contribution in [0.1, 0.15) is 18.9 Å². The summed E-state index contributed by atoms with van der Waals surface area (Å²) in [4.78, 5) is 27.7. The second kappa shape index (κ2) is 8.20. The molecule has 0 spiro atoms. The quantitative estimate of drug-likeness (QED) is 0.789. The second-order valence-corrected chi connectivity index (χ2v) is 6.44. The summed E-state index contributed by atoms with van der Waals surface area (Å²) in [5, 5.41) is 0. The molecule has 1 aliphatic heterocycles. The number of likely N-dealkylation sites (tertiary alicyclic amines) is 1. The minimum absolute atomic E-state index is 0.0138. The van der Waals surface area contributed by atoms with Gasteiger partial charge in [-0.05, 0) is 37.6 Å². The molecule has 2 amide bonds. The maximum atomic E-state index is 12.7. The van der Waals surface area contributed by atoms with Gasteiger partial charge in [0.15, 0.2) is 11.5 Å². The van der Waals surface area contributed by atoms with Crippen LogP contribution in [0, 0.1) is 5.92 Å². The number of nitrogens with two attached hydrogens (primary N) is 1. The van der Waals surface area contributed by atoms with Crippen LogP contribution in [0.4, 0.5) is 0 Å². The number of ether oxygens (including phenoxy) is 2. The molecule has 0 aromatic heterocycles. The number of amides is 2. The van der Waals surface area contributed by atoms with Crippen molar-refractivity contribution in [3.63, 3.8) is 0 Å². The zero-order valence-electron chi connectivity index (χ0n) is 15.3. The van der Waals surface area contributed by atoms with Crippen LogP contribution in [0.5, 0.6) is 11.5 Å². The Morgan fingerprint density at radius 1 is 1.32 bits per heavy atom. The first-order valence-electron chi connectivity index (χ1n) is 8.36. The van der Waals surface area contributed by atoms with E-state index in [0.717, 1.165) is 5.56 Å². The van der Waals surface area contributed by atoms with Crippen LogP contribution in [0.15, 0.2) is 18.2 Å². The maximum absolute atomic E-state index is 12.7. The number of hydrogen-bond acceptors (Lipinski definition) is 5. The molecule has 0 bridgehead atoms. The van der Waals surface area contributed by atoms with E-state index >= 15 is 0 Å². The molecular formula is C18H27N3O4. The van der Waals surface area contributed by atoms with Crippen LogP contribution in [0.2, 0.25) is 0 Å². The Morgan fingerprint density at radius 3 is 2.56 bits per heavy atom. The van der Waals surface area contributed by atoms with Gasteiger partial charge in [-0.15, -0.1) is 0 Å². The molecule has 25 heavy (non-hydrogen) atoms. The van der Waals surface area contributed by atoms with E-state index in [2.05, 4.69) is 0 Å². The molecule has 1 saturated heterocycles. The lowest BCUT2D eigenvalue weighted by molar-refractivity contribution is -0.135. The Morgan fingerprint density at radius 2 is 2.00 bits per heavy atom. The molecule has 2 rings (SSSR count). The molecule has 0 radical (unpaired) electrons. The monoisotopic (exact) mass is 349 g/mol. The molecule has 0 unspecified atom stereocenters. The van der Waals surface area contributed by atoms with E-state index in [1.165, 1.54) is 0 Å². The first-order valence-corrected chi connectivity index (χ1v) is 8.36. The predicted octanol–water partition coefficient (Wildman–Crippen LogP) is 0.858. The fourth-order valence-corrected chi connectivity index (χ4v) is 3.18. The number of hydrogen-bond donors (Lipinski definition) is 1. The van der Waals surface area contributed by atoms with Crippen molar-refractivity contribution in [3.05, 3.63) is 23.8 Å². The van der Waals surface area contributed by atoms with Crippen molar-refractivity contribution in [2.75, 3.05) is 34.4 Å². The SMILES string of the molecule is COc1ccc(CN(C)C(=O)[C@@H](C)N2CC[C@@H](C(N)=O)C2)cc1OC. The summed E-state index contributed by atoms with van der Waals surface area (Å²) in [6.07, 6.45) is 0.715. The van der Waals surface area contributed by atoms with Gasteiger partial charge in [0.2, 0.25) is 11.8 Å². The number of primary amides is 1.